The molecule has 12 N–H and O–H groups in total. The molecule has 22 nitrogen and oxygen atoms in total. The van der Waals surface area contributed by atoms with Gasteiger partial charge in [-0.15, -0.1) is 0 Å². The number of ether oxygens (including phenoxy) is 10. The Morgan fingerprint density at radius 1 is 0.589 bits per heavy atom. The van der Waals surface area contributed by atoms with Crippen LogP contribution >= 0.6 is 0 Å². The molecule has 6 aliphatic heterocycles. The molecule has 9 fully saturated rings. The number of aliphatic hydroxyl groups is 12. The zero-order valence-corrected chi connectivity index (χ0v) is 42.5. The number of fused-ring (bicyclic) bond motifs is 7. The van der Waals surface area contributed by atoms with Gasteiger partial charge in [0, 0.05) is 5.92 Å². The van der Waals surface area contributed by atoms with Crippen molar-refractivity contribution < 1.29 is 109 Å². The molecule has 0 aromatic carbocycles. The van der Waals surface area contributed by atoms with Crippen LogP contribution in [0.25, 0.3) is 0 Å². The minimum atomic E-state index is -1.93. The highest BCUT2D eigenvalue weighted by Crippen LogP contribution is 2.71. The van der Waals surface area contributed by atoms with Crippen LogP contribution in [0.3, 0.4) is 0 Å². The van der Waals surface area contributed by atoms with E-state index in [0.29, 0.717) is 43.6 Å². The van der Waals surface area contributed by atoms with Crippen LogP contribution in [0.1, 0.15) is 92.9 Å². The zero-order valence-electron chi connectivity index (χ0n) is 42.5. The fourth-order valence-corrected chi connectivity index (χ4v) is 15.6. The minimum absolute atomic E-state index is 0.0166. The Kier molecular flexibility index (Phi) is 15.7. The van der Waals surface area contributed by atoms with Crippen LogP contribution in [0.5, 0.6) is 0 Å². The van der Waals surface area contributed by atoms with Gasteiger partial charge in [0.25, 0.3) is 0 Å². The van der Waals surface area contributed by atoms with Crippen molar-refractivity contribution in [2.75, 3.05) is 19.8 Å². The predicted octanol–water partition coefficient (Wildman–Crippen LogP) is -1.96. The lowest BCUT2D eigenvalue weighted by atomic mass is 9.47. The summed E-state index contributed by atoms with van der Waals surface area (Å²) in [5.74, 6) is 0.939. The maximum atomic E-state index is 11.8. The van der Waals surface area contributed by atoms with E-state index in [1.807, 2.05) is 0 Å². The van der Waals surface area contributed by atoms with E-state index < -0.39 is 154 Å². The normalized spacial score (nSPS) is 58.2. The van der Waals surface area contributed by atoms with Crippen molar-refractivity contribution >= 4 is 0 Å². The molecule has 0 aromatic heterocycles. The standard InChI is InChI=1S/C51H82O22/c1-19-13-31(54)51(64-18-19)20(2)32-28(73-51)15-27-25-8-7-23-14-24(9-11-49(23,5)26(25)10-12-50(27,32)6)67-48-44(72-45-39(61)36(58)33(55)21(3)65-45)43(35(57)30(17-53)69-48)71-46-41(63)38(60)42(22(4)66-46)70-47-40(62)37(59)34(56)29(16-52)68-47/h7,19-22,24-48,52-63H,8-18H2,1-6H3/t19-,20-,21-,22-,24-,25+,26-,27-,28-,29+,30+,31-,32-,33-,34+,35+,36+,37-,38-,39+,40+,41+,42-,43-,44+,45-,46-,47-,48+,49-,50-,51-/m0/s1. The average Bonchev–Trinajstić information content (AvgIpc) is 3.82. The smallest absolute Gasteiger partial charge is 0.197 e. The summed E-state index contributed by atoms with van der Waals surface area (Å²) in [7, 11) is 0. The lowest BCUT2D eigenvalue weighted by Gasteiger charge is -2.59. The fraction of sp³-hybridized carbons (Fsp3) is 0.961. The molecule has 32 atom stereocenters. The highest BCUT2D eigenvalue weighted by Gasteiger charge is 2.70. The van der Waals surface area contributed by atoms with Gasteiger partial charge < -0.3 is 109 Å². The molecule has 0 aromatic rings. The van der Waals surface area contributed by atoms with Crippen LogP contribution in [0, 0.1) is 46.3 Å². The summed E-state index contributed by atoms with van der Waals surface area (Å²) >= 11 is 0. The molecular formula is C51H82O22. The van der Waals surface area contributed by atoms with Gasteiger partial charge in [-0.05, 0) is 106 Å². The third-order valence-corrected chi connectivity index (χ3v) is 19.8. The second-order valence-electron chi connectivity index (χ2n) is 24.0. The van der Waals surface area contributed by atoms with Crippen LogP contribution in [-0.4, -0.2) is 228 Å². The summed E-state index contributed by atoms with van der Waals surface area (Å²) in [6, 6.07) is 0. The Morgan fingerprint density at radius 2 is 1.19 bits per heavy atom. The summed E-state index contributed by atoms with van der Waals surface area (Å²) in [4.78, 5) is 0. The molecule has 0 amide bonds. The van der Waals surface area contributed by atoms with Gasteiger partial charge in [-0.25, -0.2) is 0 Å². The molecule has 10 rings (SSSR count). The van der Waals surface area contributed by atoms with E-state index in [0.717, 1.165) is 32.1 Å². The van der Waals surface area contributed by atoms with E-state index in [4.69, 9.17) is 47.4 Å². The average molecular weight is 1050 g/mol. The van der Waals surface area contributed by atoms with E-state index >= 15 is 0 Å². The Balaban J connectivity index is 0.862. The summed E-state index contributed by atoms with van der Waals surface area (Å²) in [5.41, 5.74) is 1.17. The molecule has 10 aliphatic rings. The third-order valence-electron chi connectivity index (χ3n) is 19.8. The van der Waals surface area contributed by atoms with Crippen LogP contribution < -0.4 is 0 Å². The molecule has 0 unspecified atom stereocenters. The molecule has 6 saturated heterocycles. The molecule has 0 bridgehead atoms. The summed E-state index contributed by atoms with van der Waals surface area (Å²) < 4.78 is 62.1. The molecule has 418 valence electrons. The van der Waals surface area contributed by atoms with Crippen molar-refractivity contribution in [1.29, 1.82) is 0 Å². The second kappa shape index (κ2) is 20.8. The zero-order chi connectivity index (χ0) is 52.4. The Morgan fingerprint density at radius 3 is 1.88 bits per heavy atom. The number of hydrogen-bond donors (Lipinski definition) is 12. The van der Waals surface area contributed by atoms with Gasteiger partial charge in [0.1, 0.15) is 91.6 Å². The molecule has 73 heavy (non-hydrogen) atoms. The van der Waals surface area contributed by atoms with Gasteiger partial charge in [0.2, 0.25) is 0 Å². The van der Waals surface area contributed by atoms with Gasteiger partial charge in [-0.2, -0.15) is 0 Å². The third kappa shape index (κ3) is 9.22. The molecule has 4 aliphatic carbocycles. The summed E-state index contributed by atoms with van der Waals surface area (Å²) in [6.45, 7) is 11.2. The van der Waals surface area contributed by atoms with E-state index in [2.05, 4.69) is 33.8 Å². The Bertz CT molecular complexity index is 1950. The first kappa shape index (κ1) is 55.2. The molecule has 3 saturated carbocycles. The lowest BCUT2D eigenvalue weighted by molar-refractivity contribution is -0.398. The second-order valence-corrected chi connectivity index (χ2v) is 24.0. The van der Waals surface area contributed by atoms with E-state index in [-0.39, 0.29) is 34.7 Å². The van der Waals surface area contributed by atoms with Crippen molar-refractivity contribution in [3.63, 3.8) is 0 Å². The molecule has 6 heterocycles. The number of aliphatic hydroxyl groups excluding tert-OH is 12. The first-order chi connectivity index (χ1) is 34.6. The maximum absolute atomic E-state index is 11.8. The summed E-state index contributed by atoms with van der Waals surface area (Å²) in [6.07, 6.45) is -24.0. The predicted molar refractivity (Wildman–Crippen MR) is 247 cm³/mol. The fourth-order valence-electron chi connectivity index (χ4n) is 15.6. The summed E-state index contributed by atoms with van der Waals surface area (Å²) in [5, 5.41) is 130. The highest BCUT2D eigenvalue weighted by atomic mass is 16.8. The first-order valence-corrected chi connectivity index (χ1v) is 26.8. The van der Waals surface area contributed by atoms with Crippen LogP contribution in [0.4, 0.5) is 0 Å². The topological polar surface area (TPSA) is 335 Å². The maximum Gasteiger partial charge on any atom is 0.197 e. The van der Waals surface area contributed by atoms with Crippen molar-refractivity contribution in [3.05, 3.63) is 11.6 Å². The van der Waals surface area contributed by atoms with Crippen LogP contribution in [0.2, 0.25) is 0 Å². The number of hydrogen-bond acceptors (Lipinski definition) is 22. The monoisotopic (exact) mass is 1050 g/mol. The minimum Gasteiger partial charge on any atom is -0.394 e. The van der Waals surface area contributed by atoms with Gasteiger partial charge in [0.15, 0.2) is 30.9 Å². The van der Waals surface area contributed by atoms with Gasteiger partial charge in [0.05, 0.1) is 44.2 Å². The SMILES string of the molecule is C[C@@H]1CO[C@@]2(O[C@H]3C[C@H]4[C@@H]5CC=C6C[C@@H](O[C@@H]7O[C@H](CO)[C@@H](O)[C@H](O[C@@H]8O[C@@H](C)[C@H](O[C@@H]9O[C@H](CO)[C@@H](O)[C@H](O)[C@H]9O)[C@@H](O)[C@H]8O)[C@H]7O[C@@H]7O[C@@H](C)[C@H](O)[C@@H](O)[C@H]7O)CC[C@]6(C)[C@H]5CC[C@]4(C)[C@H]3[C@@H]2C)[C@@H](O)C1. The van der Waals surface area contributed by atoms with E-state index in [1.54, 1.807) is 0 Å². The molecule has 22 heteroatoms. The van der Waals surface area contributed by atoms with Crippen molar-refractivity contribution in [2.45, 2.75) is 240 Å². The molecular weight excluding hydrogens is 965 g/mol. The van der Waals surface area contributed by atoms with Crippen molar-refractivity contribution in [3.8, 4) is 0 Å². The van der Waals surface area contributed by atoms with Crippen molar-refractivity contribution in [2.24, 2.45) is 46.3 Å². The van der Waals surface area contributed by atoms with Crippen molar-refractivity contribution in [1.82, 2.24) is 0 Å². The van der Waals surface area contributed by atoms with Gasteiger partial charge >= 0.3 is 0 Å². The van der Waals surface area contributed by atoms with Gasteiger partial charge in [-0.3, -0.25) is 0 Å². The van der Waals surface area contributed by atoms with E-state index in [9.17, 15) is 61.3 Å². The lowest BCUT2D eigenvalue weighted by Crippen LogP contribution is -2.67. The Labute approximate surface area is 425 Å². The molecule has 1 spiro atoms. The first-order valence-electron chi connectivity index (χ1n) is 26.8. The quantitative estimate of drug-likeness (QED) is 0.106. The van der Waals surface area contributed by atoms with Crippen LogP contribution in [-0.2, 0) is 47.4 Å². The number of rotatable bonds is 10. The Hall–Kier alpha value is -1.14. The van der Waals surface area contributed by atoms with Crippen LogP contribution in [0.15, 0.2) is 11.6 Å². The molecule has 0 radical (unpaired) electrons. The van der Waals surface area contributed by atoms with Gasteiger partial charge in [-0.1, -0.05) is 39.3 Å². The van der Waals surface area contributed by atoms with E-state index in [1.165, 1.54) is 19.4 Å². The highest BCUT2D eigenvalue weighted by molar-refractivity contribution is 5.27. The number of allylic oxidation sites excluding steroid dienone is 1. The largest absolute Gasteiger partial charge is 0.394 e.